The molecule has 2 aromatic rings. The van der Waals surface area contributed by atoms with Crippen molar-refractivity contribution in [3.8, 4) is 0 Å². The Morgan fingerprint density at radius 2 is 1.95 bits per heavy atom. The van der Waals surface area contributed by atoms with Crippen molar-refractivity contribution in [2.24, 2.45) is 0 Å². The van der Waals surface area contributed by atoms with Crippen LogP contribution in [0.15, 0.2) is 24.3 Å². The van der Waals surface area contributed by atoms with Crippen molar-refractivity contribution < 1.29 is 9.53 Å². The molecule has 0 aliphatic rings. The summed E-state index contributed by atoms with van der Waals surface area (Å²) in [5.74, 6) is -0.191. The van der Waals surface area contributed by atoms with Crippen LogP contribution in [0.5, 0.6) is 0 Å². The largest absolute Gasteiger partial charge is 0.459 e. The second kappa shape index (κ2) is 5.35. The van der Waals surface area contributed by atoms with E-state index >= 15 is 0 Å². The molecule has 0 saturated heterocycles. The molecule has 0 unspecified atom stereocenters. The number of hydrogen-bond donors (Lipinski definition) is 0. The molecule has 0 spiro atoms. The van der Waals surface area contributed by atoms with Gasteiger partial charge in [0, 0.05) is 11.2 Å². The van der Waals surface area contributed by atoms with Gasteiger partial charge in [0.15, 0.2) is 7.28 Å². The van der Waals surface area contributed by atoms with Gasteiger partial charge in [0.05, 0.1) is 0 Å². The van der Waals surface area contributed by atoms with Crippen molar-refractivity contribution in [1.29, 1.82) is 0 Å². The summed E-state index contributed by atoms with van der Waals surface area (Å²) in [4.78, 5) is 12.1. The van der Waals surface area contributed by atoms with Gasteiger partial charge < -0.3 is 9.30 Å². The first-order valence-electron chi connectivity index (χ1n) is 7.12. The van der Waals surface area contributed by atoms with E-state index in [1.165, 1.54) is 10.8 Å². The first kappa shape index (κ1) is 14.7. The number of carbonyl (C=O) groups is 1. The van der Waals surface area contributed by atoms with E-state index in [1.54, 1.807) is 0 Å². The van der Waals surface area contributed by atoms with Crippen LogP contribution in [0.1, 0.15) is 26.5 Å². The molecule has 20 heavy (non-hydrogen) atoms. The number of ether oxygens (including phenoxy) is 1. The first-order valence-corrected chi connectivity index (χ1v) is 7.12. The van der Waals surface area contributed by atoms with E-state index in [-0.39, 0.29) is 12.5 Å². The second-order valence-corrected chi connectivity index (χ2v) is 6.11. The highest BCUT2D eigenvalue weighted by atomic mass is 16.6. The minimum absolute atomic E-state index is 0.191. The lowest BCUT2D eigenvalue weighted by Crippen LogP contribution is -2.27. The van der Waals surface area contributed by atoms with Crippen molar-refractivity contribution in [1.82, 2.24) is 4.57 Å². The predicted molar refractivity (Wildman–Crippen MR) is 85.2 cm³/mol. The number of esters is 1. The van der Waals surface area contributed by atoms with E-state index in [4.69, 9.17) is 4.74 Å². The van der Waals surface area contributed by atoms with Gasteiger partial charge in [0.2, 0.25) is 0 Å². The third kappa shape index (κ3) is 2.89. The van der Waals surface area contributed by atoms with Gasteiger partial charge in [0.25, 0.3) is 0 Å². The number of hydrogen-bond acceptors (Lipinski definition) is 2. The third-order valence-electron chi connectivity index (χ3n) is 3.42. The number of carbonyl (C=O) groups excluding carboxylic acids is 1. The smallest absolute Gasteiger partial charge is 0.326 e. The summed E-state index contributed by atoms with van der Waals surface area (Å²) in [5.41, 5.74) is 3.12. The average Bonchev–Trinajstić information content (AvgIpc) is 2.60. The van der Waals surface area contributed by atoms with Crippen molar-refractivity contribution in [3.05, 3.63) is 30.0 Å². The maximum atomic E-state index is 12.1. The quantitative estimate of drug-likeness (QED) is 0.634. The van der Waals surface area contributed by atoms with E-state index in [9.17, 15) is 4.79 Å². The van der Waals surface area contributed by atoms with Crippen LogP contribution >= 0.6 is 0 Å². The molecule has 106 valence electrons. The average molecular weight is 271 g/mol. The molecule has 0 atom stereocenters. The Bertz CT molecular complexity index is 638. The summed E-state index contributed by atoms with van der Waals surface area (Å²) in [6.07, 6.45) is 0. The molecule has 4 heteroatoms. The fourth-order valence-electron chi connectivity index (χ4n) is 2.66. The normalized spacial score (nSPS) is 11.7. The number of rotatable bonds is 3. The van der Waals surface area contributed by atoms with Gasteiger partial charge >= 0.3 is 5.97 Å². The van der Waals surface area contributed by atoms with Crippen LogP contribution in [-0.2, 0) is 16.1 Å². The molecule has 0 aliphatic carbocycles. The Morgan fingerprint density at radius 3 is 2.55 bits per heavy atom. The number of fused-ring (bicyclic) bond motifs is 1. The molecule has 1 aromatic heterocycles. The van der Waals surface area contributed by atoms with Crippen molar-refractivity contribution in [3.63, 3.8) is 0 Å². The standard InChI is InChI=1S/C16H22BNO2/c1-11-15(17-5)12-8-6-7-9-13(12)18(11)10-14(19)20-16(2,3)4/h6-9,17H,10H2,1-5H3. The Hall–Kier alpha value is -1.71. The highest BCUT2D eigenvalue weighted by molar-refractivity contribution is 6.56. The Labute approximate surface area is 121 Å². The van der Waals surface area contributed by atoms with Crippen LogP contribution in [0, 0.1) is 6.92 Å². The van der Waals surface area contributed by atoms with Gasteiger partial charge in [-0.15, -0.1) is 0 Å². The summed E-state index contributed by atoms with van der Waals surface area (Å²) in [7, 11) is 0.966. The van der Waals surface area contributed by atoms with E-state index in [0.717, 1.165) is 18.5 Å². The molecule has 0 radical (unpaired) electrons. The molecule has 0 fully saturated rings. The lowest BCUT2D eigenvalue weighted by molar-refractivity contribution is -0.155. The van der Waals surface area contributed by atoms with Gasteiger partial charge in [0.1, 0.15) is 12.1 Å². The number of nitrogens with zero attached hydrogens (tertiary/aromatic N) is 1. The first-order chi connectivity index (χ1) is 9.33. The fourth-order valence-corrected chi connectivity index (χ4v) is 2.66. The van der Waals surface area contributed by atoms with Crippen molar-refractivity contribution in [2.75, 3.05) is 0 Å². The fraction of sp³-hybridized carbons (Fsp3) is 0.438. The van der Waals surface area contributed by atoms with E-state index in [2.05, 4.69) is 30.4 Å². The summed E-state index contributed by atoms with van der Waals surface area (Å²) in [6.45, 7) is 10.2. The van der Waals surface area contributed by atoms with Gasteiger partial charge in [-0.2, -0.15) is 0 Å². The maximum Gasteiger partial charge on any atom is 0.326 e. The van der Waals surface area contributed by atoms with Crippen LogP contribution in [0.2, 0.25) is 6.82 Å². The zero-order valence-electron chi connectivity index (χ0n) is 13.0. The topological polar surface area (TPSA) is 31.2 Å². The summed E-state index contributed by atoms with van der Waals surface area (Å²) in [6, 6.07) is 8.23. The number of benzene rings is 1. The lowest BCUT2D eigenvalue weighted by Gasteiger charge is -2.20. The lowest BCUT2D eigenvalue weighted by atomic mass is 9.72. The molecule has 0 N–H and O–H groups in total. The van der Waals surface area contributed by atoms with Crippen LogP contribution in [0.3, 0.4) is 0 Å². The Balaban J connectivity index is 2.40. The number of para-hydroxylation sites is 1. The van der Waals surface area contributed by atoms with Crippen LogP contribution < -0.4 is 5.46 Å². The highest BCUT2D eigenvalue weighted by Crippen LogP contribution is 2.18. The van der Waals surface area contributed by atoms with Crippen LogP contribution in [0.25, 0.3) is 10.9 Å². The van der Waals surface area contributed by atoms with E-state index in [0.29, 0.717) is 0 Å². The molecule has 0 bridgehead atoms. The summed E-state index contributed by atoms with van der Waals surface area (Å²) >= 11 is 0. The SMILES string of the molecule is CBc1c(C)n(CC(=O)OC(C)(C)C)c2ccccc12. The summed E-state index contributed by atoms with van der Waals surface area (Å²) in [5, 5.41) is 1.23. The number of aromatic nitrogens is 1. The van der Waals surface area contributed by atoms with E-state index < -0.39 is 5.60 Å². The highest BCUT2D eigenvalue weighted by Gasteiger charge is 2.19. The molecule has 2 rings (SSSR count). The van der Waals surface area contributed by atoms with E-state index in [1.807, 2.05) is 32.9 Å². The van der Waals surface area contributed by atoms with Crippen LogP contribution in [-0.4, -0.2) is 23.4 Å². The molecule has 1 aromatic carbocycles. The zero-order chi connectivity index (χ0) is 14.9. The second-order valence-electron chi connectivity index (χ2n) is 6.11. The molecule has 0 saturated carbocycles. The van der Waals surface area contributed by atoms with Crippen LogP contribution in [0.4, 0.5) is 0 Å². The zero-order valence-corrected chi connectivity index (χ0v) is 13.0. The van der Waals surface area contributed by atoms with Crippen molar-refractivity contribution in [2.45, 2.75) is 46.7 Å². The minimum atomic E-state index is -0.443. The van der Waals surface area contributed by atoms with Crippen molar-refractivity contribution >= 4 is 29.6 Å². The Kier molecular flexibility index (Phi) is 3.93. The third-order valence-corrected chi connectivity index (χ3v) is 3.42. The molecule has 0 amide bonds. The monoisotopic (exact) mass is 271 g/mol. The van der Waals surface area contributed by atoms with Gasteiger partial charge in [-0.1, -0.05) is 30.5 Å². The molecule has 3 nitrogen and oxygen atoms in total. The van der Waals surface area contributed by atoms with Gasteiger partial charge in [-0.3, -0.25) is 4.79 Å². The minimum Gasteiger partial charge on any atom is -0.459 e. The molecule has 1 heterocycles. The van der Waals surface area contributed by atoms with Gasteiger partial charge in [-0.25, -0.2) is 0 Å². The molecule has 0 aliphatic heterocycles. The molecular weight excluding hydrogens is 249 g/mol. The maximum absolute atomic E-state index is 12.1. The Morgan fingerprint density at radius 1 is 1.30 bits per heavy atom. The predicted octanol–water partition coefficient (Wildman–Crippen LogP) is 2.40. The summed E-state index contributed by atoms with van der Waals surface area (Å²) < 4.78 is 7.49. The molecular formula is C16H22BNO2. The van der Waals surface area contributed by atoms with Gasteiger partial charge in [-0.05, 0) is 39.1 Å².